The third-order valence-electron chi connectivity index (χ3n) is 2.27. The van der Waals surface area contributed by atoms with Crippen LogP contribution in [-0.2, 0) is 19.6 Å². The molecule has 0 fully saturated rings. The van der Waals surface area contributed by atoms with Crippen molar-refractivity contribution in [1.82, 2.24) is 10.0 Å². The Morgan fingerprint density at radius 2 is 1.78 bits per heavy atom. The lowest BCUT2D eigenvalue weighted by molar-refractivity contribution is -0.139. The molecule has 7 nitrogen and oxygen atoms in total. The second kappa shape index (κ2) is 6.69. The van der Waals surface area contributed by atoms with Crippen molar-refractivity contribution in [3.05, 3.63) is 0 Å². The summed E-state index contributed by atoms with van der Waals surface area (Å²) < 4.78 is 24.3. The first-order chi connectivity index (χ1) is 8.08. The lowest BCUT2D eigenvalue weighted by atomic mass is 9.85. The predicted molar refractivity (Wildman–Crippen MR) is 66.5 cm³/mol. The van der Waals surface area contributed by atoms with E-state index in [9.17, 15) is 18.0 Å². The summed E-state index contributed by atoms with van der Waals surface area (Å²) in [5.74, 6) is -1.52. The molecule has 0 aliphatic heterocycles. The smallest absolute Gasteiger partial charge is 0.303 e. The highest BCUT2D eigenvalue weighted by Crippen LogP contribution is 2.24. The van der Waals surface area contributed by atoms with Crippen molar-refractivity contribution in [1.29, 1.82) is 0 Å². The van der Waals surface area contributed by atoms with Crippen LogP contribution in [0.2, 0.25) is 0 Å². The molecule has 0 spiro atoms. The Bertz CT molecular complexity index is 402. The van der Waals surface area contributed by atoms with Gasteiger partial charge in [-0.2, -0.15) is 0 Å². The molecule has 0 aromatic heterocycles. The summed E-state index contributed by atoms with van der Waals surface area (Å²) in [6.45, 7) is 3.35. The molecule has 0 heterocycles. The quantitative estimate of drug-likeness (QED) is 0.557. The minimum Gasteiger partial charge on any atom is -0.481 e. The minimum atomic E-state index is -3.34. The van der Waals surface area contributed by atoms with Gasteiger partial charge in [-0.1, -0.05) is 13.8 Å². The molecule has 0 saturated heterocycles. The Hall–Kier alpha value is -1.15. The highest BCUT2D eigenvalue weighted by molar-refractivity contribution is 7.89. The van der Waals surface area contributed by atoms with Crippen LogP contribution in [0.5, 0.6) is 0 Å². The largest absolute Gasteiger partial charge is 0.481 e. The zero-order valence-electron chi connectivity index (χ0n) is 10.8. The number of rotatable bonds is 8. The molecule has 1 amide bonds. The normalized spacial score (nSPS) is 12.2. The maximum Gasteiger partial charge on any atom is 0.303 e. The van der Waals surface area contributed by atoms with Crippen LogP contribution in [0.25, 0.3) is 0 Å². The summed E-state index contributed by atoms with van der Waals surface area (Å²) in [5.41, 5.74) is -0.655. The Balaban J connectivity index is 4.09. The van der Waals surface area contributed by atoms with E-state index in [1.807, 2.05) is 0 Å². The number of aliphatic carboxylic acids is 1. The molecule has 0 unspecified atom stereocenters. The molecular weight excluding hydrogens is 260 g/mol. The van der Waals surface area contributed by atoms with E-state index in [-0.39, 0.29) is 31.0 Å². The van der Waals surface area contributed by atoms with Gasteiger partial charge in [-0.05, 0) is 12.5 Å². The van der Waals surface area contributed by atoms with Crippen LogP contribution in [0, 0.1) is 5.41 Å². The monoisotopic (exact) mass is 280 g/mol. The van der Waals surface area contributed by atoms with Crippen LogP contribution >= 0.6 is 0 Å². The molecule has 0 aliphatic carbocycles. The number of carboxylic acids is 1. The zero-order chi connectivity index (χ0) is 14.4. The van der Waals surface area contributed by atoms with Gasteiger partial charge in [-0.25, -0.2) is 13.1 Å². The molecular formula is C10H20N2O5S. The van der Waals surface area contributed by atoms with Gasteiger partial charge in [-0.15, -0.1) is 0 Å². The summed E-state index contributed by atoms with van der Waals surface area (Å²) in [7, 11) is -2.04. The van der Waals surface area contributed by atoms with E-state index in [2.05, 4.69) is 10.0 Å². The van der Waals surface area contributed by atoms with Gasteiger partial charge in [0.05, 0.1) is 12.2 Å². The van der Waals surface area contributed by atoms with E-state index in [0.717, 1.165) is 0 Å². The Morgan fingerprint density at radius 3 is 2.22 bits per heavy atom. The molecule has 0 rings (SSSR count). The zero-order valence-corrected chi connectivity index (χ0v) is 11.6. The highest BCUT2D eigenvalue weighted by Gasteiger charge is 2.25. The van der Waals surface area contributed by atoms with Crippen LogP contribution in [0.3, 0.4) is 0 Å². The standard InChI is InChI=1S/C10H20N2O5S/c1-10(2,7-9(14)15)6-8(13)12-4-5-18(16,17)11-3/h11H,4-7H2,1-3H3,(H,12,13)(H,14,15). The van der Waals surface area contributed by atoms with Crippen molar-refractivity contribution in [2.24, 2.45) is 5.41 Å². The first kappa shape index (κ1) is 16.9. The van der Waals surface area contributed by atoms with Crippen LogP contribution < -0.4 is 10.0 Å². The number of hydrogen-bond acceptors (Lipinski definition) is 4. The van der Waals surface area contributed by atoms with E-state index < -0.39 is 21.4 Å². The molecule has 0 radical (unpaired) electrons. The molecule has 0 saturated carbocycles. The second-order valence-corrected chi connectivity index (χ2v) is 6.83. The molecule has 106 valence electrons. The van der Waals surface area contributed by atoms with Gasteiger partial charge in [0.1, 0.15) is 0 Å². The number of hydrogen-bond donors (Lipinski definition) is 3. The average Bonchev–Trinajstić information content (AvgIpc) is 2.14. The summed E-state index contributed by atoms with van der Waals surface area (Å²) in [6, 6.07) is 0. The average molecular weight is 280 g/mol. The van der Waals surface area contributed by atoms with Gasteiger partial charge < -0.3 is 10.4 Å². The third kappa shape index (κ3) is 8.02. The number of carbonyl (C=O) groups excluding carboxylic acids is 1. The van der Waals surface area contributed by atoms with E-state index in [4.69, 9.17) is 5.11 Å². The van der Waals surface area contributed by atoms with Crippen molar-refractivity contribution < 1.29 is 23.1 Å². The van der Waals surface area contributed by atoms with Crippen molar-refractivity contribution in [3.63, 3.8) is 0 Å². The molecule has 0 aromatic rings. The number of carbonyl (C=O) groups is 2. The van der Waals surface area contributed by atoms with Crippen LogP contribution in [0.1, 0.15) is 26.7 Å². The van der Waals surface area contributed by atoms with Crippen molar-refractivity contribution in [2.45, 2.75) is 26.7 Å². The maximum atomic E-state index is 11.5. The highest BCUT2D eigenvalue weighted by atomic mass is 32.2. The molecule has 0 atom stereocenters. The second-order valence-electron chi connectivity index (χ2n) is 4.78. The molecule has 0 bridgehead atoms. The van der Waals surface area contributed by atoms with Gasteiger partial charge >= 0.3 is 5.97 Å². The van der Waals surface area contributed by atoms with Crippen molar-refractivity contribution in [2.75, 3.05) is 19.3 Å². The fraction of sp³-hybridized carbons (Fsp3) is 0.800. The van der Waals surface area contributed by atoms with Crippen molar-refractivity contribution in [3.8, 4) is 0 Å². The first-order valence-corrected chi connectivity index (χ1v) is 7.13. The van der Waals surface area contributed by atoms with Crippen LogP contribution in [-0.4, -0.2) is 44.7 Å². The Labute approximate surface area is 107 Å². The number of carboxylic acid groups (broad SMARTS) is 1. The van der Waals surface area contributed by atoms with Gasteiger partial charge in [0, 0.05) is 13.0 Å². The Kier molecular flexibility index (Phi) is 6.27. The van der Waals surface area contributed by atoms with E-state index in [1.54, 1.807) is 13.8 Å². The Morgan fingerprint density at radius 1 is 1.22 bits per heavy atom. The molecule has 18 heavy (non-hydrogen) atoms. The molecule has 0 aromatic carbocycles. The molecule has 0 aliphatic rings. The van der Waals surface area contributed by atoms with Crippen LogP contribution in [0.4, 0.5) is 0 Å². The van der Waals surface area contributed by atoms with E-state index in [1.165, 1.54) is 7.05 Å². The maximum absolute atomic E-state index is 11.5. The SMILES string of the molecule is CNS(=O)(=O)CCNC(=O)CC(C)(C)CC(=O)O. The third-order valence-corrected chi connectivity index (χ3v) is 3.64. The van der Waals surface area contributed by atoms with Gasteiger partial charge in [0.2, 0.25) is 15.9 Å². The first-order valence-electron chi connectivity index (χ1n) is 5.48. The van der Waals surface area contributed by atoms with Gasteiger partial charge in [0.15, 0.2) is 0 Å². The van der Waals surface area contributed by atoms with Crippen LogP contribution in [0.15, 0.2) is 0 Å². The van der Waals surface area contributed by atoms with E-state index >= 15 is 0 Å². The number of nitrogens with one attached hydrogen (secondary N) is 2. The lowest BCUT2D eigenvalue weighted by Crippen LogP contribution is -2.35. The summed E-state index contributed by atoms with van der Waals surface area (Å²) >= 11 is 0. The lowest BCUT2D eigenvalue weighted by Gasteiger charge is -2.21. The van der Waals surface area contributed by atoms with Gasteiger partial charge in [-0.3, -0.25) is 9.59 Å². The van der Waals surface area contributed by atoms with E-state index in [0.29, 0.717) is 0 Å². The summed E-state index contributed by atoms with van der Waals surface area (Å²) in [4.78, 5) is 22.1. The fourth-order valence-corrected chi connectivity index (χ4v) is 1.97. The minimum absolute atomic E-state index is 0.00512. The summed E-state index contributed by atoms with van der Waals surface area (Å²) in [6.07, 6.45) is -0.0753. The number of sulfonamides is 1. The van der Waals surface area contributed by atoms with Gasteiger partial charge in [0.25, 0.3) is 0 Å². The fourth-order valence-electron chi connectivity index (χ4n) is 1.40. The predicted octanol–water partition coefficient (Wildman–Crippen LogP) is -0.457. The molecule has 8 heteroatoms. The molecule has 3 N–H and O–H groups in total. The van der Waals surface area contributed by atoms with Crippen molar-refractivity contribution >= 4 is 21.9 Å². The topological polar surface area (TPSA) is 113 Å². The summed E-state index contributed by atoms with van der Waals surface area (Å²) in [5, 5.41) is 11.1. The number of amides is 1.